The molecule has 2 aromatic carbocycles. The first-order valence-corrected chi connectivity index (χ1v) is 11.1. The molecule has 0 spiro atoms. The van der Waals surface area contributed by atoms with E-state index < -0.39 is 0 Å². The zero-order chi connectivity index (χ0) is 20.7. The molecular formula is C25H38N2O2. The molecule has 2 N–H and O–H groups in total. The van der Waals surface area contributed by atoms with Crippen LogP contribution in [0.3, 0.4) is 0 Å². The van der Waals surface area contributed by atoms with Gasteiger partial charge >= 0.3 is 0 Å². The van der Waals surface area contributed by atoms with Crippen LogP contribution in [0.2, 0.25) is 0 Å². The summed E-state index contributed by atoms with van der Waals surface area (Å²) in [4.78, 5) is 0. The lowest BCUT2D eigenvalue weighted by molar-refractivity contribution is 0.289. The van der Waals surface area contributed by atoms with Gasteiger partial charge in [0, 0.05) is 30.5 Å². The predicted molar refractivity (Wildman–Crippen MR) is 124 cm³/mol. The lowest BCUT2D eigenvalue weighted by atomic mass is 10.1. The zero-order valence-electron chi connectivity index (χ0n) is 18.4. The van der Waals surface area contributed by atoms with E-state index in [0.29, 0.717) is 5.92 Å². The summed E-state index contributed by atoms with van der Waals surface area (Å²) >= 11 is 0. The van der Waals surface area contributed by atoms with E-state index in [0.717, 1.165) is 62.0 Å². The van der Waals surface area contributed by atoms with Crippen LogP contribution >= 0.6 is 0 Å². The molecule has 160 valence electrons. The molecule has 0 heterocycles. The fourth-order valence-electron chi connectivity index (χ4n) is 2.91. The third-order valence-electron chi connectivity index (χ3n) is 4.70. The van der Waals surface area contributed by atoms with Crippen molar-refractivity contribution < 1.29 is 9.47 Å². The molecule has 2 rings (SSSR count). The first kappa shape index (κ1) is 22.9. The molecule has 0 aliphatic rings. The number of unbranched alkanes of at least 4 members (excludes halogenated alkanes) is 3. The fraction of sp³-hybridized carbons (Fsp3) is 0.520. The smallest absolute Gasteiger partial charge is 0.121 e. The molecule has 0 amide bonds. The van der Waals surface area contributed by atoms with Crippen LogP contribution in [0, 0.1) is 5.92 Å². The largest absolute Gasteiger partial charge is 0.494 e. The Labute approximate surface area is 177 Å². The SMILES string of the molecule is CCCCCCOc1ccc(NCCNc2cccc(OCCC(C)C)c2)cc1. The van der Waals surface area contributed by atoms with Crippen LogP contribution in [0.4, 0.5) is 11.4 Å². The standard InChI is InChI=1S/C25H38N2O2/c1-4-5-6-7-18-28-24-13-11-22(12-14-24)26-16-17-27-23-9-8-10-25(20-23)29-19-15-21(2)3/h8-14,20-21,26-27H,4-7,15-19H2,1-3H3. The van der Waals surface area contributed by atoms with Gasteiger partial charge < -0.3 is 20.1 Å². The Balaban J connectivity index is 1.63. The van der Waals surface area contributed by atoms with Gasteiger partial charge in [0.05, 0.1) is 13.2 Å². The van der Waals surface area contributed by atoms with Gasteiger partial charge in [0.1, 0.15) is 11.5 Å². The third-order valence-corrected chi connectivity index (χ3v) is 4.70. The van der Waals surface area contributed by atoms with Gasteiger partial charge in [-0.15, -0.1) is 0 Å². The third kappa shape index (κ3) is 10.1. The maximum Gasteiger partial charge on any atom is 0.121 e. The van der Waals surface area contributed by atoms with Gasteiger partial charge in [-0.25, -0.2) is 0 Å². The fourth-order valence-corrected chi connectivity index (χ4v) is 2.91. The Morgan fingerprint density at radius 2 is 1.48 bits per heavy atom. The van der Waals surface area contributed by atoms with Crippen molar-refractivity contribution in [2.24, 2.45) is 5.92 Å². The van der Waals surface area contributed by atoms with Crippen LogP contribution in [0.1, 0.15) is 52.9 Å². The van der Waals surface area contributed by atoms with Crippen molar-refractivity contribution in [1.82, 2.24) is 0 Å². The molecule has 0 saturated heterocycles. The molecular weight excluding hydrogens is 360 g/mol. The van der Waals surface area contributed by atoms with Crippen molar-refractivity contribution in [2.45, 2.75) is 52.9 Å². The minimum Gasteiger partial charge on any atom is -0.494 e. The molecule has 0 aromatic heterocycles. The van der Waals surface area contributed by atoms with Gasteiger partial charge in [-0.2, -0.15) is 0 Å². The van der Waals surface area contributed by atoms with Crippen molar-refractivity contribution >= 4 is 11.4 Å². The van der Waals surface area contributed by atoms with Crippen LogP contribution in [0.25, 0.3) is 0 Å². The minimum absolute atomic E-state index is 0.661. The molecule has 0 saturated carbocycles. The van der Waals surface area contributed by atoms with E-state index in [2.05, 4.69) is 55.7 Å². The molecule has 4 nitrogen and oxygen atoms in total. The predicted octanol–water partition coefficient (Wildman–Crippen LogP) is 6.59. The van der Waals surface area contributed by atoms with Gasteiger partial charge in [-0.1, -0.05) is 46.1 Å². The second kappa shape index (κ2) is 13.8. The number of ether oxygens (including phenoxy) is 2. The monoisotopic (exact) mass is 398 g/mol. The summed E-state index contributed by atoms with van der Waals surface area (Å²) in [6, 6.07) is 16.4. The van der Waals surface area contributed by atoms with Gasteiger partial charge in [-0.05, 0) is 55.2 Å². The topological polar surface area (TPSA) is 42.5 Å². The molecule has 4 heteroatoms. The highest BCUT2D eigenvalue weighted by atomic mass is 16.5. The van der Waals surface area contributed by atoms with E-state index in [1.54, 1.807) is 0 Å². The van der Waals surface area contributed by atoms with E-state index in [1.165, 1.54) is 19.3 Å². The number of nitrogens with one attached hydrogen (secondary N) is 2. The van der Waals surface area contributed by atoms with Gasteiger partial charge in [0.25, 0.3) is 0 Å². The summed E-state index contributed by atoms with van der Waals surface area (Å²) in [6.07, 6.45) is 5.99. The quantitative estimate of drug-likeness (QED) is 0.332. The lowest BCUT2D eigenvalue weighted by Gasteiger charge is -2.12. The first-order valence-electron chi connectivity index (χ1n) is 11.1. The summed E-state index contributed by atoms with van der Waals surface area (Å²) < 4.78 is 11.6. The molecule has 0 atom stereocenters. The molecule has 0 aliphatic heterocycles. The number of hydrogen-bond donors (Lipinski definition) is 2. The molecule has 0 bridgehead atoms. The van der Waals surface area contributed by atoms with E-state index >= 15 is 0 Å². The van der Waals surface area contributed by atoms with Crippen LogP contribution in [0.5, 0.6) is 11.5 Å². The van der Waals surface area contributed by atoms with Gasteiger partial charge in [0.2, 0.25) is 0 Å². The second-order valence-corrected chi connectivity index (χ2v) is 7.85. The van der Waals surface area contributed by atoms with Crippen LogP contribution in [-0.2, 0) is 0 Å². The summed E-state index contributed by atoms with van der Waals surface area (Å²) in [5.74, 6) is 2.53. The first-order chi connectivity index (χ1) is 14.2. The summed E-state index contributed by atoms with van der Waals surface area (Å²) in [5.41, 5.74) is 2.19. The number of rotatable bonds is 15. The molecule has 0 aliphatic carbocycles. The van der Waals surface area contributed by atoms with Gasteiger partial charge in [0.15, 0.2) is 0 Å². The number of benzene rings is 2. The Hall–Kier alpha value is -2.36. The molecule has 0 unspecified atom stereocenters. The van der Waals surface area contributed by atoms with E-state index in [1.807, 2.05) is 24.3 Å². The van der Waals surface area contributed by atoms with Crippen LogP contribution in [-0.4, -0.2) is 26.3 Å². The van der Waals surface area contributed by atoms with E-state index in [9.17, 15) is 0 Å². The summed E-state index contributed by atoms with van der Waals surface area (Å²) in [7, 11) is 0. The second-order valence-electron chi connectivity index (χ2n) is 7.85. The van der Waals surface area contributed by atoms with Crippen LogP contribution in [0.15, 0.2) is 48.5 Å². The lowest BCUT2D eigenvalue weighted by Crippen LogP contribution is -2.13. The molecule has 2 aromatic rings. The maximum absolute atomic E-state index is 5.82. The summed E-state index contributed by atoms with van der Waals surface area (Å²) in [5, 5.41) is 6.88. The maximum atomic E-state index is 5.82. The highest BCUT2D eigenvalue weighted by Crippen LogP contribution is 2.18. The number of hydrogen-bond acceptors (Lipinski definition) is 4. The number of anilines is 2. The van der Waals surface area contributed by atoms with Crippen molar-refractivity contribution in [2.75, 3.05) is 36.9 Å². The van der Waals surface area contributed by atoms with E-state index in [-0.39, 0.29) is 0 Å². The summed E-state index contributed by atoms with van der Waals surface area (Å²) in [6.45, 7) is 9.90. The molecule has 0 fully saturated rings. The highest BCUT2D eigenvalue weighted by Gasteiger charge is 2.00. The minimum atomic E-state index is 0.661. The Morgan fingerprint density at radius 1 is 0.759 bits per heavy atom. The Morgan fingerprint density at radius 3 is 2.21 bits per heavy atom. The highest BCUT2D eigenvalue weighted by molar-refractivity contribution is 5.49. The normalized spacial score (nSPS) is 10.8. The van der Waals surface area contributed by atoms with Crippen molar-refractivity contribution in [3.63, 3.8) is 0 Å². The van der Waals surface area contributed by atoms with Gasteiger partial charge in [-0.3, -0.25) is 0 Å². The molecule has 29 heavy (non-hydrogen) atoms. The Bertz CT molecular complexity index is 671. The van der Waals surface area contributed by atoms with E-state index in [4.69, 9.17) is 9.47 Å². The van der Waals surface area contributed by atoms with Crippen molar-refractivity contribution in [3.8, 4) is 11.5 Å². The van der Waals surface area contributed by atoms with Crippen LogP contribution < -0.4 is 20.1 Å². The molecule has 0 radical (unpaired) electrons. The Kier molecular flexibility index (Phi) is 10.9. The average molecular weight is 399 g/mol. The van der Waals surface area contributed by atoms with Crippen molar-refractivity contribution in [1.29, 1.82) is 0 Å². The average Bonchev–Trinajstić information content (AvgIpc) is 2.72. The zero-order valence-corrected chi connectivity index (χ0v) is 18.4. The van der Waals surface area contributed by atoms with Crippen molar-refractivity contribution in [3.05, 3.63) is 48.5 Å².